The number of nitrogens with zero attached hydrogens (tertiary/aromatic N) is 8. The Bertz CT molecular complexity index is 2770. The van der Waals surface area contributed by atoms with E-state index in [0.29, 0.717) is 0 Å². The Hall–Kier alpha value is -6.55. The van der Waals surface area contributed by atoms with Crippen LogP contribution in [0.25, 0.3) is 72.8 Å². The molecule has 0 saturated carbocycles. The van der Waals surface area contributed by atoms with Crippen molar-refractivity contribution in [2.45, 2.75) is 0 Å². The first-order valence-corrected chi connectivity index (χ1v) is 17.7. The molecule has 0 spiro atoms. The number of fused-ring (bicyclic) bond motifs is 3. The number of rotatable bonds is 5. The maximum Gasteiger partial charge on any atom is 4.00 e. The van der Waals surface area contributed by atoms with E-state index in [2.05, 4.69) is 103 Å². The molecule has 264 valence electrons. The van der Waals surface area contributed by atoms with Gasteiger partial charge in [0.15, 0.2) is 0 Å². The zero-order chi connectivity index (χ0) is 36.6. The molecule has 0 amide bonds. The Morgan fingerprint density at radius 1 is 0.455 bits per heavy atom. The van der Waals surface area contributed by atoms with Gasteiger partial charge in [0.25, 0.3) is 0 Å². The van der Waals surface area contributed by atoms with Crippen molar-refractivity contribution >= 4 is 33.1 Å². The predicted octanol–water partition coefficient (Wildman–Crippen LogP) is 7.00. The number of hydrogen-bond acceptors (Lipinski definition) is 2. The summed E-state index contributed by atoms with van der Waals surface area (Å²) in [5, 5.41) is 0. The molecule has 10 rings (SSSR count). The van der Waals surface area contributed by atoms with Gasteiger partial charge in [-0.1, -0.05) is 121 Å². The summed E-state index contributed by atoms with van der Waals surface area (Å²) >= 11 is 0. The first-order valence-electron chi connectivity index (χ1n) is 17.7. The summed E-state index contributed by atoms with van der Waals surface area (Å²) in [6.07, 6.45) is 11.9. The van der Waals surface area contributed by atoms with Gasteiger partial charge in [0, 0.05) is 6.20 Å². The number of pyridine rings is 2. The maximum absolute atomic E-state index is 4.92. The molecule has 0 unspecified atom stereocenters. The second kappa shape index (κ2) is 15.1. The SMILES string of the molecule is C[n+]1[c-]n(-c2[c-]c(-n3[c-][n+](C)c4ccccc43)ccc2)c2ccccc21.C[n+]1[c-]n(-c2cc(-c3ccccc3)cc(-c3ccccn3)n2)c2ccccc21.[Os+4]. The normalized spacial score (nSPS) is 11.0. The van der Waals surface area contributed by atoms with E-state index in [9.17, 15) is 0 Å². The Morgan fingerprint density at radius 3 is 1.49 bits per heavy atom. The van der Waals surface area contributed by atoms with Crippen molar-refractivity contribution in [3.8, 4) is 39.7 Å². The van der Waals surface area contributed by atoms with Crippen LogP contribution in [0.2, 0.25) is 0 Å². The second-order valence-corrected chi connectivity index (χ2v) is 13.1. The van der Waals surface area contributed by atoms with E-state index in [0.717, 1.165) is 72.8 Å². The Morgan fingerprint density at radius 2 is 0.945 bits per heavy atom. The molecule has 5 aromatic heterocycles. The molecule has 0 saturated heterocycles. The Kier molecular flexibility index (Phi) is 9.71. The minimum absolute atomic E-state index is 0. The number of para-hydroxylation sites is 6. The van der Waals surface area contributed by atoms with Crippen molar-refractivity contribution < 1.29 is 33.5 Å². The number of benzene rings is 5. The first kappa shape index (κ1) is 35.5. The van der Waals surface area contributed by atoms with Crippen molar-refractivity contribution in [2.75, 3.05) is 0 Å². The summed E-state index contributed by atoms with van der Waals surface area (Å²) in [6, 6.07) is 54.9. The van der Waals surface area contributed by atoms with Crippen LogP contribution in [-0.2, 0) is 40.9 Å². The van der Waals surface area contributed by atoms with Gasteiger partial charge in [0.05, 0.1) is 65.6 Å². The van der Waals surface area contributed by atoms with E-state index in [1.807, 2.05) is 127 Å². The number of imidazole rings is 3. The molecule has 0 atom stereocenters. The van der Waals surface area contributed by atoms with Crippen LogP contribution in [0.15, 0.2) is 158 Å². The molecule has 0 aliphatic heterocycles. The smallest absolute Gasteiger partial charge is 0.342 e. The van der Waals surface area contributed by atoms with Crippen LogP contribution < -0.4 is 13.7 Å². The molecule has 5 aromatic carbocycles. The minimum atomic E-state index is 0. The Labute approximate surface area is 332 Å². The quantitative estimate of drug-likeness (QED) is 0.138. The van der Waals surface area contributed by atoms with E-state index in [1.165, 1.54) is 0 Å². The standard InChI is InChI=1S/C24H18N4.C22H17N4.Os/c1-27-17-28(23-13-6-5-12-22(23)27)24-16-19(18-9-3-2-4-10-18)15-21(26-24)20-11-7-8-14-25-20;1-23-15-25(21-12-5-3-10-19(21)23)17-8-7-9-18(14-17)26-16-24(2)20-11-4-6-13-22(20)26;/h2-16H,1H3;3-13H,1-2H3;/q;-1;+4. The van der Waals surface area contributed by atoms with E-state index < -0.39 is 0 Å². The molecule has 10 aromatic rings. The molecule has 0 aliphatic rings. The van der Waals surface area contributed by atoms with Crippen LogP contribution in [0.5, 0.6) is 0 Å². The molecule has 0 N–H and O–H groups in total. The zero-order valence-electron chi connectivity index (χ0n) is 30.4. The third-order valence-electron chi connectivity index (χ3n) is 9.52. The average Bonchev–Trinajstić information content (AvgIpc) is 3.89. The molecule has 8 nitrogen and oxygen atoms in total. The molecule has 9 heteroatoms. The van der Waals surface area contributed by atoms with Crippen molar-refractivity contribution in [3.05, 3.63) is 183 Å². The van der Waals surface area contributed by atoms with Crippen LogP contribution in [0.3, 0.4) is 0 Å². The van der Waals surface area contributed by atoms with Crippen LogP contribution in [0, 0.1) is 25.0 Å². The van der Waals surface area contributed by atoms with Gasteiger partial charge in [-0.15, -0.1) is 0 Å². The van der Waals surface area contributed by atoms with Crippen LogP contribution in [0.4, 0.5) is 0 Å². The number of aromatic nitrogens is 8. The first-order chi connectivity index (χ1) is 26.5. The second-order valence-electron chi connectivity index (χ2n) is 13.1. The van der Waals surface area contributed by atoms with E-state index in [-0.39, 0.29) is 19.8 Å². The van der Waals surface area contributed by atoms with Gasteiger partial charge < -0.3 is 27.4 Å². The van der Waals surface area contributed by atoms with Crippen molar-refractivity contribution in [2.24, 2.45) is 21.1 Å². The molecule has 0 aliphatic carbocycles. The van der Waals surface area contributed by atoms with Crippen molar-refractivity contribution in [1.82, 2.24) is 23.7 Å². The topological polar surface area (TPSA) is 52.2 Å². The van der Waals surface area contributed by atoms with Gasteiger partial charge >= 0.3 is 19.8 Å². The average molecular weight is 890 g/mol. The van der Waals surface area contributed by atoms with E-state index >= 15 is 0 Å². The van der Waals surface area contributed by atoms with Gasteiger partial charge in [-0.2, -0.15) is 24.3 Å². The Balaban J connectivity index is 0.000000153. The minimum Gasteiger partial charge on any atom is -0.342 e. The van der Waals surface area contributed by atoms with Gasteiger partial charge in [-0.25, -0.2) is 0 Å². The molecule has 0 bridgehead atoms. The molecular weight excluding hydrogens is 855 g/mol. The summed E-state index contributed by atoms with van der Waals surface area (Å²) in [7, 11) is 6.02. The summed E-state index contributed by atoms with van der Waals surface area (Å²) in [4.78, 5) is 9.42. The van der Waals surface area contributed by atoms with Crippen LogP contribution >= 0.6 is 0 Å². The monoisotopic (exact) mass is 891 g/mol. The van der Waals surface area contributed by atoms with Gasteiger partial charge in [-0.05, 0) is 35.4 Å². The fourth-order valence-corrected chi connectivity index (χ4v) is 6.90. The van der Waals surface area contributed by atoms with Crippen LogP contribution in [-0.4, -0.2) is 23.7 Å². The third kappa shape index (κ3) is 6.75. The van der Waals surface area contributed by atoms with Gasteiger partial charge in [0.2, 0.25) is 19.0 Å². The molecule has 0 radical (unpaired) electrons. The number of hydrogen-bond donors (Lipinski definition) is 0. The molecule has 55 heavy (non-hydrogen) atoms. The summed E-state index contributed by atoms with van der Waals surface area (Å²) in [6.45, 7) is 0. The van der Waals surface area contributed by atoms with Crippen molar-refractivity contribution in [1.29, 1.82) is 0 Å². The third-order valence-corrected chi connectivity index (χ3v) is 9.52. The predicted molar refractivity (Wildman–Crippen MR) is 209 cm³/mol. The molecule has 5 heterocycles. The zero-order valence-corrected chi connectivity index (χ0v) is 33.0. The maximum atomic E-state index is 4.92. The number of aryl methyl sites for hydroxylation is 3. The summed E-state index contributed by atoms with van der Waals surface area (Å²) in [5.41, 5.74) is 12.5. The fraction of sp³-hybridized carbons (Fsp3) is 0.0652. The van der Waals surface area contributed by atoms with Crippen LogP contribution in [0.1, 0.15) is 0 Å². The fourth-order valence-electron chi connectivity index (χ4n) is 6.90. The van der Waals surface area contributed by atoms with E-state index in [4.69, 9.17) is 4.98 Å². The van der Waals surface area contributed by atoms with Gasteiger partial charge in [0.1, 0.15) is 5.82 Å². The largest absolute Gasteiger partial charge is 4.00 e. The molecule has 0 fully saturated rings. The van der Waals surface area contributed by atoms with E-state index in [1.54, 1.807) is 6.20 Å². The van der Waals surface area contributed by atoms with Gasteiger partial charge in [-0.3, -0.25) is 9.97 Å². The van der Waals surface area contributed by atoms with Crippen molar-refractivity contribution in [3.63, 3.8) is 0 Å². The molecular formula is C46H35N8Os+3. The summed E-state index contributed by atoms with van der Waals surface area (Å²) in [5.74, 6) is 0.818. The summed E-state index contributed by atoms with van der Waals surface area (Å²) < 4.78 is 12.1.